The molecule has 0 aromatic heterocycles. The van der Waals surface area contributed by atoms with E-state index in [-0.39, 0.29) is 0 Å². The monoisotopic (exact) mass is 698 g/mol. The lowest BCUT2D eigenvalue weighted by molar-refractivity contribution is -0.511. The van der Waals surface area contributed by atoms with Gasteiger partial charge in [0.2, 0.25) is 0 Å². The lowest BCUT2D eigenvalue weighted by Crippen LogP contribution is -2.75. The van der Waals surface area contributed by atoms with E-state index in [9.17, 15) is 114 Å². The Morgan fingerprint density at radius 1 is 0.415 bits per heavy atom. The number of rotatable bonds is 12. The van der Waals surface area contributed by atoms with Crippen LogP contribution in [0.3, 0.4) is 0 Å². The quantitative estimate of drug-likeness (QED) is 0.125. The second-order valence-electron chi connectivity index (χ2n) is 6.95. The van der Waals surface area contributed by atoms with E-state index in [0.29, 0.717) is 0 Å². The topological polar surface area (TPSA) is 52.6 Å². The fourth-order valence-electron chi connectivity index (χ4n) is 1.75. The average Bonchev–Trinajstić information content (AvgIpc) is 2.68. The van der Waals surface area contributed by atoms with E-state index in [2.05, 4.69) is 4.18 Å². The normalized spacial score (nSPS) is 16.8. The average molecular weight is 698 g/mol. The molecule has 0 aromatic rings. The molecule has 0 amide bonds. The van der Waals surface area contributed by atoms with Crippen molar-refractivity contribution in [2.45, 2.75) is 65.4 Å². The molecule has 4 nitrogen and oxygen atoms in total. The SMILES string of the molecule is O=S(=O)(OCC(F)(F)C(F)(F)OC(F)(F)C(F)(F)C(F)(F)C(F)(F)C(F)(F)C(F)(F)C(F)(F)C(F)(F)F)C(F)(F)F. The van der Waals surface area contributed by atoms with Crippen LogP contribution in [0.1, 0.15) is 0 Å². The fraction of sp³-hybridized carbons (Fsp3) is 1.00. The maximum absolute atomic E-state index is 13.4. The van der Waals surface area contributed by atoms with E-state index in [1.165, 1.54) is 0 Å². The second kappa shape index (κ2) is 9.86. The number of halogens is 24. The molecule has 0 aliphatic heterocycles. The molecule has 0 radical (unpaired) electrons. The van der Waals surface area contributed by atoms with E-state index in [1.807, 2.05) is 0 Å². The zero-order valence-electron chi connectivity index (χ0n) is 17.3. The van der Waals surface area contributed by atoms with Crippen LogP contribution in [0.4, 0.5) is 105 Å². The first kappa shape index (κ1) is 39.2. The predicted octanol–water partition coefficient (Wildman–Crippen LogP) is 7.06. The van der Waals surface area contributed by atoms with Gasteiger partial charge in [-0.3, -0.25) is 4.18 Å². The van der Waals surface area contributed by atoms with Crippen molar-refractivity contribution in [1.29, 1.82) is 0 Å². The van der Waals surface area contributed by atoms with E-state index < -0.39 is 82.1 Å². The molecular weight excluding hydrogens is 696 g/mol. The molecule has 0 saturated heterocycles. The highest BCUT2D eigenvalue weighted by atomic mass is 32.2. The van der Waals surface area contributed by atoms with E-state index in [1.54, 1.807) is 0 Å². The van der Waals surface area contributed by atoms with Gasteiger partial charge >= 0.3 is 75.5 Å². The molecular formula is C12H2F24O4S. The highest BCUT2D eigenvalue weighted by Gasteiger charge is 2.96. The van der Waals surface area contributed by atoms with Crippen molar-refractivity contribution in [3.8, 4) is 0 Å². The minimum atomic E-state index is -9.30. The molecule has 0 aliphatic carbocycles. The highest BCUT2D eigenvalue weighted by Crippen LogP contribution is 2.64. The van der Waals surface area contributed by atoms with Crippen LogP contribution in [0.2, 0.25) is 0 Å². The zero-order chi connectivity index (χ0) is 34.1. The van der Waals surface area contributed by atoms with E-state index >= 15 is 0 Å². The Morgan fingerprint density at radius 3 is 1.00 bits per heavy atom. The molecule has 41 heavy (non-hydrogen) atoms. The summed E-state index contributed by atoms with van der Waals surface area (Å²) >= 11 is 0. The van der Waals surface area contributed by atoms with Crippen LogP contribution in [0, 0.1) is 0 Å². The van der Waals surface area contributed by atoms with Gasteiger partial charge in [-0.25, -0.2) is 4.74 Å². The molecule has 29 heteroatoms. The largest absolute Gasteiger partial charge is 0.523 e. The molecule has 0 rings (SSSR count). The Hall–Kier alpha value is -1.81. The summed E-state index contributed by atoms with van der Waals surface area (Å²) in [6.45, 7) is -4.08. The minimum absolute atomic E-state index is 1.11. The molecule has 248 valence electrons. The van der Waals surface area contributed by atoms with Crippen molar-refractivity contribution in [2.24, 2.45) is 0 Å². The molecule has 0 aliphatic rings. The smallest absolute Gasteiger partial charge is 0.256 e. The van der Waals surface area contributed by atoms with Crippen molar-refractivity contribution >= 4 is 10.1 Å². The summed E-state index contributed by atoms with van der Waals surface area (Å²) in [5.74, 6) is -61.5. The third kappa shape index (κ3) is 5.89. The van der Waals surface area contributed by atoms with Gasteiger partial charge in [0.05, 0.1) is 0 Å². The third-order valence-corrected chi connectivity index (χ3v) is 5.05. The number of alkyl halides is 24. The van der Waals surface area contributed by atoms with Gasteiger partial charge in [0, 0.05) is 0 Å². The zero-order valence-corrected chi connectivity index (χ0v) is 18.1. The van der Waals surface area contributed by atoms with Gasteiger partial charge in [-0.2, -0.15) is 114 Å². The highest BCUT2D eigenvalue weighted by molar-refractivity contribution is 7.87. The van der Waals surface area contributed by atoms with E-state index in [0.717, 1.165) is 4.74 Å². The number of hydrogen-bond acceptors (Lipinski definition) is 4. The maximum Gasteiger partial charge on any atom is 0.523 e. The van der Waals surface area contributed by atoms with Crippen LogP contribution in [0.15, 0.2) is 0 Å². The van der Waals surface area contributed by atoms with Crippen molar-refractivity contribution in [3.05, 3.63) is 0 Å². The second-order valence-corrected chi connectivity index (χ2v) is 8.55. The number of hydrogen-bond donors (Lipinski definition) is 0. The third-order valence-electron chi connectivity index (χ3n) is 4.05. The summed E-state index contributed by atoms with van der Waals surface area (Å²) in [6, 6.07) is 0. The molecule has 0 atom stereocenters. The van der Waals surface area contributed by atoms with Crippen LogP contribution < -0.4 is 0 Å². The summed E-state index contributed by atoms with van der Waals surface area (Å²) in [6.07, 6.45) is -24.5. The molecule has 0 unspecified atom stereocenters. The lowest BCUT2D eigenvalue weighted by atomic mass is 9.90. The first-order chi connectivity index (χ1) is 17.2. The summed E-state index contributed by atoms with van der Waals surface area (Å²) in [7, 11) is -7.38. The predicted molar refractivity (Wildman–Crippen MR) is 72.6 cm³/mol. The molecule has 0 saturated carbocycles. The van der Waals surface area contributed by atoms with Crippen molar-refractivity contribution in [2.75, 3.05) is 6.61 Å². The molecule has 0 bridgehead atoms. The Kier molecular flexibility index (Phi) is 9.43. The van der Waals surface area contributed by atoms with Gasteiger partial charge < -0.3 is 0 Å². The number of ether oxygens (including phenoxy) is 1. The molecule has 0 spiro atoms. The maximum atomic E-state index is 13.4. The van der Waals surface area contributed by atoms with Crippen LogP contribution in [-0.4, -0.2) is 80.4 Å². The molecule has 0 fully saturated rings. The Balaban J connectivity index is 6.68. The van der Waals surface area contributed by atoms with Gasteiger partial charge in [-0.15, -0.1) is 0 Å². The van der Waals surface area contributed by atoms with Gasteiger partial charge in [0.1, 0.15) is 6.61 Å². The minimum Gasteiger partial charge on any atom is -0.256 e. The molecule has 0 heterocycles. The first-order valence-electron chi connectivity index (χ1n) is 8.29. The Labute approximate surface area is 206 Å². The summed E-state index contributed by atoms with van der Waals surface area (Å²) < 4.78 is 333. The van der Waals surface area contributed by atoms with Crippen molar-refractivity contribution in [3.63, 3.8) is 0 Å². The Bertz CT molecular complexity index is 1050. The summed E-state index contributed by atoms with van der Waals surface area (Å²) in [4.78, 5) is 0. The van der Waals surface area contributed by atoms with E-state index in [4.69, 9.17) is 0 Å². The standard InChI is InChI=1S/C12H2F24O4S/c13-2(14,1-39-41(37,38)12(34,35)36)10(30,31)40-11(32,33)8(25,26)6(21,22)4(17,18)3(15,16)5(19,20)7(23,24)9(27,28)29/h1H2. The van der Waals surface area contributed by atoms with Gasteiger partial charge in [0.15, 0.2) is 0 Å². The summed E-state index contributed by atoms with van der Waals surface area (Å²) in [5.41, 5.74) is -6.76. The molecule has 0 N–H and O–H groups in total. The molecule has 0 aromatic carbocycles. The fourth-order valence-corrected chi connectivity index (χ4v) is 2.19. The van der Waals surface area contributed by atoms with Gasteiger partial charge in [-0.05, 0) is 0 Å². The van der Waals surface area contributed by atoms with Crippen LogP contribution in [0.25, 0.3) is 0 Å². The van der Waals surface area contributed by atoms with Crippen molar-refractivity contribution in [1.82, 2.24) is 0 Å². The van der Waals surface area contributed by atoms with Crippen LogP contribution in [0.5, 0.6) is 0 Å². The van der Waals surface area contributed by atoms with Crippen LogP contribution in [-0.2, 0) is 19.0 Å². The van der Waals surface area contributed by atoms with Gasteiger partial charge in [-0.1, -0.05) is 0 Å². The Morgan fingerprint density at radius 2 is 0.707 bits per heavy atom. The van der Waals surface area contributed by atoms with Crippen LogP contribution >= 0.6 is 0 Å². The lowest BCUT2D eigenvalue weighted by Gasteiger charge is -2.43. The van der Waals surface area contributed by atoms with Gasteiger partial charge in [0.25, 0.3) is 0 Å². The van der Waals surface area contributed by atoms with Crippen molar-refractivity contribution < 1.29 is 123 Å². The summed E-state index contributed by atoms with van der Waals surface area (Å²) in [5, 5.41) is 0. The first-order valence-corrected chi connectivity index (χ1v) is 9.70.